The van der Waals surface area contributed by atoms with Gasteiger partial charge in [0.2, 0.25) is 5.72 Å². The molecule has 0 aliphatic carbocycles. The summed E-state index contributed by atoms with van der Waals surface area (Å²) in [4.78, 5) is 25.7. The summed E-state index contributed by atoms with van der Waals surface area (Å²) < 4.78 is 17.7. The monoisotopic (exact) mass is 430 g/mol. The number of amides is 1. The quantitative estimate of drug-likeness (QED) is 0.508. The number of carboxylic acids is 1. The lowest BCUT2D eigenvalue weighted by atomic mass is 9.63. The Morgan fingerprint density at radius 2 is 1.72 bits per heavy atom. The first kappa shape index (κ1) is 24.1. The van der Waals surface area contributed by atoms with Gasteiger partial charge in [-0.3, -0.25) is 5.32 Å². The van der Waals surface area contributed by atoms with Gasteiger partial charge in [-0.05, 0) is 45.3 Å². The molecule has 29 heavy (non-hydrogen) atoms. The van der Waals surface area contributed by atoms with Crippen molar-refractivity contribution in [2.24, 2.45) is 5.41 Å². The Kier molecular flexibility index (Phi) is 6.79. The lowest BCUT2D eigenvalue weighted by molar-refractivity contribution is -0.210. The Morgan fingerprint density at radius 3 is 2.10 bits per heavy atom. The third kappa shape index (κ3) is 4.06. The maximum absolute atomic E-state index is 12.9. The molecule has 2 aliphatic heterocycles. The fourth-order valence-corrected chi connectivity index (χ4v) is 7.55. The lowest BCUT2D eigenvalue weighted by Crippen LogP contribution is -2.81. The van der Waals surface area contributed by atoms with Gasteiger partial charge in [-0.15, -0.1) is 0 Å². The predicted octanol–water partition coefficient (Wildman–Crippen LogP) is 3.08. The van der Waals surface area contributed by atoms with Crippen LogP contribution in [-0.4, -0.2) is 62.1 Å². The van der Waals surface area contributed by atoms with E-state index in [1.54, 1.807) is 20.8 Å². The third-order valence-electron chi connectivity index (χ3n) is 6.66. The van der Waals surface area contributed by atoms with Crippen molar-refractivity contribution in [2.45, 2.75) is 89.9 Å². The number of carbonyl (C=O) groups is 2. The Labute approximate surface area is 175 Å². The van der Waals surface area contributed by atoms with Crippen LogP contribution in [0.25, 0.3) is 0 Å². The van der Waals surface area contributed by atoms with Crippen molar-refractivity contribution >= 4 is 20.4 Å². The van der Waals surface area contributed by atoms with E-state index < -0.39 is 42.7 Å². The average molecular weight is 431 g/mol. The van der Waals surface area contributed by atoms with E-state index in [9.17, 15) is 14.7 Å². The number of carbonyl (C=O) groups excluding carboxylic acids is 1. The van der Waals surface area contributed by atoms with Crippen LogP contribution >= 0.6 is 0 Å². The van der Waals surface area contributed by atoms with Crippen LogP contribution in [0.15, 0.2) is 0 Å². The molecule has 2 heterocycles. The zero-order valence-electron chi connectivity index (χ0n) is 18.9. The van der Waals surface area contributed by atoms with Crippen LogP contribution in [0, 0.1) is 5.41 Å². The zero-order chi connectivity index (χ0) is 22.1. The van der Waals surface area contributed by atoms with Crippen LogP contribution in [0.1, 0.15) is 54.9 Å². The van der Waals surface area contributed by atoms with Gasteiger partial charge in [-0.2, -0.15) is 0 Å². The highest BCUT2D eigenvalue weighted by molar-refractivity contribution is 6.73. The number of nitrogens with one attached hydrogen (secondary N) is 2. The molecule has 0 radical (unpaired) electrons. The van der Waals surface area contributed by atoms with Crippen molar-refractivity contribution in [1.82, 2.24) is 10.6 Å². The molecule has 168 valence electrons. The van der Waals surface area contributed by atoms with Crippen molar-refractivity contribution in [3.05, 3.63) is 0 Å². The molecule has 0 spiro atoms. The number of aliphatic carboxylic acids is 1. The van der Waals surface area contributed by atoms with E-state index in [-0.39, 0.29) is 0 Å². The van der Waals surface area contributed by atoms with Crippen molar-refractivity contribution in [3.8, 4) is 0 Å². The number of alkyl carbamates (subject to hydrolysis) is 1. The smallest absolute Gasteiger partial charge is 0.408 e. The summed E-state index contributed by atoms with van der Waals surface area (Å²) >= 11 is 0. The minimum atomic E-state index is -2.35. The van der Waals surface area contributed by atoms with E-state index in [0.717, 1.165) is 18.1 Å². The topological polar surface area (TPSA) is 106 Å². The molecule has 9 heteroatoms. The molecule has 0 saturated carbocycles. The SMILES string of the molecule is CC[Si](CC)(CC)OC1(C(=O)O)NCCC1(NC(=O)OC(C)(C)C)C1(C)COC1. The maximum atomic E-state index is 12.9. The molecule has 2 saturated heterocycles. The normalized spacial score (nSPS) is 29.2. The Balaban J connectivity index is 2.57. The van der Waals surface area contributed by atoms with E-state index >= 15 is 0 Å². The van der Waals surface area contributed by atoms with Crippen LogP contribution in [0.4, 0.5) is 4.79 Å². The van der Waals surface area contributed by atoms with Gasteiger partial charge in [0.05, 0.1) is 13.2 Å². The van der Waals surface area contributed by atoms with Crippen LogP contribution in [0.5, 0.6) is 0 Å². The molecule has 3 N–H and O–H groups in total. The second-order valence-electron chi connectivity index (χ2n) is 9.59. The highest BCUT2D eigenvalue weighted by Crippen LogP contribution is 2.51. The molecule has 2 aliphatic rings. The number of hydrogen-bond acceptors (Lipinski definition) is 6. The summed E-state index contributed by atoms with van der Waals surface area (Å²) in [7, 11) is -2.35. The highest BCUT2D eigenvalue weighted by Gasteiger charge is 2.73. The molecule has 0 aromatic rings. The Hall–Kier alpha value is -1.16. The fraction of sp³-hybridized carbons (Fsp3) is 0.900. The third-order valence-corrected chi connectivity index (χ3v) is 11.3. The molecule has 1 amide bonds. The van der Waals surface area contributed by atoms with Crippen molar-refractivity contribution < 1.29 is 28.6 Å². The van der Waals surface area contributed by atoms with Gasteiger partial charge in [0.1, 0.15) is 11.1 Å². The van der Waals surface area contributed by atoms with E-state index in [1.165, 1.54) is 0 Å². The first-order valence-corrected chi connectivity index (χ1v) is 13.2. The predicted molar refractivity (Wildman–Crippen MR) is 112 cm³/mol. The summed E-state index contributed by atoms with van der Waals surface area (Å²) in [6.07, 6.45) is -0.222. The molecule has 0 aromatic heterocycles. The molecular formula is C20H38N2O6Si. The molecule has 0 bridgehead atoms. The summed E-state index contributed by atoms with van der Waals surface area (Å²) in [5.41, 5.74) is -4.21. The first-order valence-electron chi connectivity index (χ1n) is 10.6. The van der Waals surface area contributed by atoms with Gasteiger partial charge in [-0.25, -0.2) is 9.59 Å². The van der Waals surface area contributed by atoms with Crippen LogP contribution in [-0.2, 0) is 18.7 Å². The van der Waals surface area contributed by atoms with E-state index in [2.05, 4.69) is 31.4 Å². The van der Waals surface area contributed by atoms with Crippen molar-refractivity contribution in [3.63, 3.8) is 0 Å². The summed E-state index contributed by atoms with van der Waals surface area (Å²) in [5, 5.41) is 16.6. The fourth-order valence-electron chi connectivity index (χ4n) is 4.63. The Morgan fingerprint density at radius 1 is 1.17 bits per heavy atom. The highest BCUT2D eigenvalue weighted by atomic mass is 28.4. The van der Waals surface area contributed by atoms with Gasteiger partial charge < -0.3 is 24.3 Å². The second kappa shape index (κ2) is 8.17. The van der Waals surface area contributed by atoms with Crippen molar-refractivity contribution in [1.29, 1.82) is 0 Å². The molecule has 2 unspecified atom stereocenters. The molecular weight excluding hydrogens is 392 g/mol. The minimum absolute atomic E-state index is 0.349. The summed E-state index contributed by atoms with van der Waals surface area (Å²) in [5.74, 6) is -1.11. The molecule has 0 aromatic carbocycles. The molecule has 2 fully saturated rings. The number of ether oxygens (including phenoxy) is 2. The average Bonchev–Trinajstić information content (AvgIpc) is 2.96. The Bertz CT molecular complexity index is 621. The van der Waals surface area contributed by atoms with Crippen LogP contribution in [0.2, 0.25) is 18.1 Å². The van der Waals surface area contributed by atoms with Crippen LogP contribution in [0.3, 0.4) is 0 Å². The van der Waals surface area contributed by atoms with Crippen LogP contribution < -0.4 is 10.6 Å². The molecule has 8 nitrogen and oxygen atoms in total. The summed E-state index contributed by atoms with van der Waals surface area (Å²) in [6, 6.07) is 2.39. The lowest BCUT2D eigenvalue weighted by Gasteiger charge is -2.58. The van der Waals surface area contributed by atoms with Gasteiger partial charge >= 0.3 is 12.1 Å². The molecule has 2 atom stereocenters. The molecule has 2 rings (SSSR count). The number of carboxylic acid groups (broad SMARTS) is 1. The van der Waals surface area contributed by atoms with E-state index in [4.69, 9.17) is 13.9 Å². The van der Waals surface area contributed by atoms with E-state index in [0.29, 0.717) is 26.2 Å². The van der Waals surface area contributed by atoms with Gasteiger partial charge in [0.15, 0.2) is 8.32 Å². The van der Waals surface area contributed by atoms with E-state index in [1.807, 2.05) is 6.92 Å². The summed E-state index contributed by atoms with van der Waals surface area (Å²) in [6.45, 7) is 14.6. The number of hydrogen-bond donors (Lipinski definition) is 3. The van der Waals surface area contributed by atoms with Gasteiger partial charge in [0.25, 0.3) is 0 Å². The second-order valence-corrected chi connectivity index (χ2v) is 14.3. The number of rotatable bonds is 8. The largest absolute Gasteiger partial charge is 0.478 e. The van der Waals surface area contributed by atoms with Gasteiger partial charge in [0, 0.05) is 12.0 Å². The minimum Gasteiger partial charge on any atom is -0.478 e. The van der Waals surface area contributed by atoms with Gasteiger partial charge in [-0.1, -0.05) is 27.7 Å². The zero-order valence-corrected chi connectivity index (χ0v) is 19.9. The van der Waals surface area contributed by atoms with Crippen molar-refractivity contribution in [2.75, 3.05) is 19.8 Å². The standard InChI is InChI=1S/C20H38N2O6Si/c1-8-29(9-2,10-3)28-20(15(23)24)19(11-12-21-20,18(7)13-26-14-18)22-16(25)27-17(4,5)6/h21H,8-14H2,1-7H3,(H,22,25)(H,23,24). The first-order chi connectivity index (χ1) is 13.3. The maximum Gasteiger partial charge on any atom is 0.408 e.